The van der Waals surface area contributed by atoms with Crippen LogP contribution in [0.15, 0.2) is 42.5 Å². The van der Waals surface area contributed by atoms with Crippen molar-refractivity contribution >= 4 is 16.7 Å². The summed E-state index contributed by atoms with van der Waals surface area (Å²) in [5.41, 5.74) is 3.71. The molecule has 2 aromatic carbocycles. The van der Waals surface area contributed by atoms with Crippen molar-refractivity contribution in [3.8, 4) is 22.8 Å². The van der Waals surface area contributed by atoms with E-state index in [1.54, 1.807) is 13.2 Å². The van der Waals surface area contributed by atoms with Crippen LogP contribution in [0.3, 0.4) is 0 Å². The monoisotopic (exact) mass is 305 g/mol. The highest BCUT2D eigenvalue weighted by molar-refractivity contribution is 6.28. The Balaban J connectivity index is 2.09. The van der Waals surface area contributed by atoms with Gasteiger partial charge in [-0.1, -0.05) is 18.2 Å². The van der Waals surface area contributed by atoms with Gasteiger partial charge in [0.25, 0.3) is 0 Å². The third kappa shape index (κ3) is 1.91. The normalized spacial score (nSPS) is 12.2. The quantitative estimate of drug-likeness (QED) is 0.577. The van der Waals surface area contributed by atoms with E-state index >= 15 is 0 Å². The summed E-state index contributed by atoms with van der Waals surface area (Å²) in [6.07, 6.45) is 0. The smallest absolute Gasteiger partial charge is 0.222 e. The molecule has 0 saturated carbocycles. The minimum atomic E-state index is -0.00606. The molecule has 0 N–H and O–H groups in total. The van der Waals surface area contributed by atoms with Crippen LogP contribution < -0.4 is 9.47 Å². The predicted octanol–water partition coefficient (Wildman–Crippen LogP) is 3.85. The van der Waals surface area contributed by atoms with E-state index in [1.807, 2.05) is 43.3 Å². The number of carbonyl (C=O) groups is 1. The molecule has 0 aliphatic heterocycles. The number of methoxy groups -OCH3 is 1. The van der Waals surface area contributed by atoms with Gasteiger partial charge in [0.1, 0.15) is 5.75 Å². The number of aromatic nitrogens is 1. The van der Waals surface area contributed by atoms with Crippen LogP contribution in [0.4, 0.5) is 0 Å². The topological polar surface area (TPSA) is 48.4 Å². The summed E-state index contributed by atoms with van der Waals surface area (Å²) in [5, 5.41) is 0.853. The number of nitrogens with zero attached hydrogens (tertiary/aromatic N) is 1. The Morgan fingerprint density at radius 1 is 1.04 bits per heavy atom. The molecule has 1 heterocycles. The average molecular weight is 305 g/mol. The van der Waals surface area contributed by atoms with Gasteiger partial charge in [-0.15, -0.1) is 0 Å². The molecule has 114 valence electrons. The van der Waals surface area contributed by atoms with Crippen LogP contribution in [0.1, 0.15) is 22.8 Å². The second-order valence-electron chi connectivity index (χ2n) is 5.36. The van der Waals surface area contributed by atoms with Gasteiger partial charge in [0, 0.05) is 16.5 Å². The summed E-state index contributed by atoms with van der Waals surface area (Å²) >= 11 is 0. The second-order valence-corrected chi connectivity index (χ2v) is 5.36. The van der Waals surface area contributed by atoms with Crippen molar-refractivity contribution in [1.82, 2.24) is 4.98 Å². The molecule has 0 bridgehead atoms. The van der Waals surface area contributed by atoms with Crippen molar-refractivity contribution in [1.29, 1.82) is 0 Å². The van der Waals surface area contributed by atoms with Gasteiger partial charge < -0.3 is 9.47 Å². The molecule has 0 radical (unpaired) electrons. The number of ketones is 1. The molecule has 4 rings (SSSR count). The highest BCUT2D eigenvalue weighted by Gasteiger charge is 2.33. The van der Waals surface area contributed by atoms with E-state index in [-0.39, 0.29) is 5.78 Å². The average Bonchev–Trinajstić information content (AvgIpc) is 2.88. The molecule has 1 aromatic heterocycles. The maximum atomic E-state index is 13.0. The molecular formula is C19H15NO3. The Bertz CT molecular complexity index is 947. The Kier molecular flexibility index (Phi) is 3.05. The summed E-state index contributed by atoms with van der Waals surface area (Å²) in [6, 6.07) is 13.2. The van der Waals surface area contributed by atoms with Crippen LogP contribution in [-0.2, 0) is 0 Å². The first-order valence-electron chi connectivity index (χ1n) is 7.53. The van der Waals surface area contributed by atoms with Crippen LogP contribution in [0.25, 0.3) is 22.0 Å². The number of fused-ring (bicyclic) bond motifs is 5. The Labute approximate surface area is 133 Å². The molecule has 0 atom stereocenters. The van der Waals surface area contributed by atoms with Crippen molar-refractivity contribution in [2.45, 2.75) is 6.92 Å². The minimum absolute atomic E-state index is 0.00606. The zero-order chi connectivity index (χ0) is 16.0. The third-order valence-electron chi connectivity index (χ3n) is 4.11. The highest BCUT2D eigenvalue weighted by Crippen LogP contribution is 2.45. The van der Waals surface area contributed by atoms with Crippen LogP contribution in [0.2, 0.25) is 0 Å². The lowest BCUT2D eigenvalue weighted by molar-refractivity contribution is 0.104. The molecule has 0 spiro atoms. The van der Waals surface area contributed by atoms with Crippen molar-refractivity contribution in [2.75, 3.05) is 13.7 Å². The lowest BCUT2D eigenvalue weighted by Crippen LogP contribution is -2.01. The molecule has 1 aliphatic rings. The number of hydrogen-bond donors (Lipinski definition) is 0. The molecule has 4 nitrogen and oxygen atoms in total. The zero-order valence-corrected chi connectivity index (χ0v) is 12.9. The molecular weight excluding hydrogens is 290 g/mol. The molecule has 0 saturated heterocycles. The van der Waals surface area contributed by atoms with E-state index in [9.17, 15) is 4.79 Å². The van der Waals surface area contributed by atoms with Crippen LogP contribution in [0, 0.1) is 0 Å². The van der Waals surface area contributed by atoms with Crippen molar-refractivity contribution in [3.63, 3.8) is 0 Å². The summed E-state index contributed by atoms with van der Waals surface area (Å²) < 4.78 is 11.0. The molecule has 1 aliphatic carbocycles. The molecule has 4 heteroatoms. The minimum Gasteiger partial charge on any atom is -0.497 e. The number of para-hydroxylation sites is 1. The van der Waals surface area contributed by atoms with Crippen LogP contribution in [-0.4, -0.2) is 24.5 Å². The summed E-state index contributed by atoms with van der Waals surface area (Å²) in [7, 11) is 1.59. The standard InChI is InChI=1S/C19H15NO3/c1-3-23-19-17-12-9-8-11(22-2)10-14(12)18(21)16(17)13-6-4-5-7-15(13)20-19/h4-10H,3H2,1-2H3. The summed E-state index contributed by atoms with van der Waals surface area (Å²) in [5.74, 6) is 1.17. The number of ether oxygens (including phenoxy) is 2. The summed E-state index contributed by atoms with van der Waals surface area (Å²) in [6.45, 7) is 2.41. The number of pyridine rings is 1. The number of rotatable bonds is 3. The molecule has 3 aromatic rings. The number of carbonyl (C=O) groups excluding carboxylic acids is 1. The largest absolute Gasteiger partial charge is 0.497 e. The maximum Gasteiger partial charge on any atom is 0.222 e. The number of benzene rings is 2. The summed E-state index contributed by atoms with van der Waals surface area (Å²) in [4.78, 5) is 17.6. The predicted molar refractivity (Wildman–Crippen MR) is 88.3 cm³/mol. The van der Waals surface area contributed by atoms with Gasteiger partial charge in [0.2, 0.25) is 5.88 Å². The van der Waals surface area contributed by atoms with E-state index in [0.29, 0.717) is 29.4 Å². The first-order chi connectivity index (χ1) is 11.2. The lowest BCUT2D eigenvalue weighted by atomic mass is 10.0. The van der Waals surface area contributed by atoms with Gasteiger partial charge in [-0.3, -0.25) is 4.79 Å². The van der Waals surface area contributed by atoms with Crippen molar-refractivity contribution in [3.05, 3.63) is 53.6 Å². The first-order valence-corrected chi connectivity index (χ1v) is 7.53. The van der Waals surface area contributed by atoms with E-state index < -0.39 is 0 Å². The maximum absolute atomic E-state index is 13.0. The van der Waals surface area contributed by atoms with E-state index in [1.165, 1.54) is 0 Å². The van der Waals surface area contributed by atoms with E-state index in [2.05, 4.69) is 4.98 Å². The van der Waals surface area contributed by atoms with Gasteiger partial charge in [0.15, 0.2) is 5.78 Å². The van der Waals surface area contributed by atoms with Crippen LogP contribution in [0.5, 0.6) is 11.6 Å². The van der Waals surface area contributed by atoms with Gasteiger partial charge in [-0.2, -0.15) is 0 Å². The fourth-order valence-electron chi connectivity index (χ4n) is 3.11. The zero-order valence-electron chi connectivity index (χ0n) is 12.9. The van der Waals surface area contributed by atoms with E-state index in [4.69, 9.17) is 9.47 Å². The first kappa shape index (κ1) is 13.8. The SMILES string of the molecule is CCOc1nc2ccccc2c2c1-c1ccc(OC)cc1C2=O. The molecule has 23 heavy (non-hydrogen) atoms. The Hall–Kier alpha value is -2.88. The Morgan fingerprint density at radius 2 is 1.87 bits per heavy atom. The van der Waals surface area contributed by atoms with E-state index in [0.717, 1.165) is 22.0 Å². The van der Waals surface area contributed by atoms with Crippen LogP contribution >= 0.6 is 0 Å². The fraction of sp³-hybridized carbons (Fsp3) is 0.158. The second kappa shape index (κ2) is 5.09. The lowest BCUT2D eigenvalue weighted by Gasteiger charge is -2.11. The molecule has 0 fully saturated rings. The van der Waals surface area contributed by atoms with Gasteiger partial charge in [0.05, 0.1) is 24.8 Å². The van der Waals surface area contributed by atoms with Gasteiger partial charge in [-0.25, -0.2) is 4.98 Å². The van der Waals surface area contributed by atoms with Crippen molar-refractivity contribution < 1.29 is 14.3 Å². The van der Waals surface area contributed by atoms with Crippen molar-refractivity contribution in [2.24, 2.45) is 0 Å². The Morgan fingerprint density at radius 3 is 2.65 bits per heavy atom. The van der Waals surface area contributed by atoms with Gasteiger partial charge >= 0.3 is 0 Å². The highest BCUT2D eigenvalue weighted by atomic mass is 16.5. The molecule has 0 amide bonds. The van der Waals surface area contributed by atoms with Gasteiger partial charge in [-0.05, 0) is 36.8 Å². The number of hydrogen-bond acceptors (Lipinski definition) is 4. The third-order valence-corrected chi connectivity index (χ3v) is 4.11. The molecule has 0 unspecified atom stereocenters. The fourth-order valence-corrected chi connectivity index (χ4v) is 3.11.